The summed E-state index contributed by atoms with van der Waals surface area (Å²) in [4.78, 5) is 0. The van der Waals surface area contributed by atoms with Gasteiger partial charge >= 0.3 is 0 Å². The summed E-state index contributed by atoms with van der Waals surface area (Å²) >= 11 is 5.84. The lowest BCUT2D eigenvalue weighted by atomic mass is 10.1. The molecule has 1 aromatic carbocycles. The van der Waals surface area contributed by atoms with Gasteiger partial charge in [-0.3, -0.25) is 0 Å². The van der Waals surface area contributed by atoms with Crippen LogP contribution in [0, 0.1) is 0 Å². The van der Waals surface area contributed by atoms with Crippen LogP contribution in [0.3, 0.4) is 0 Å². The molecule has 1 nitrogen and oxygen atoms in total. The molecule has 0 fully saturated rings. The van der Waals surface area contributed by atoms with Crippen LogP contribution in [0.4, 0.5) is 0 Å². The van der Waals surface area contributed by atoms with Gasteiger partial charge < -0.3 is 5.32 Å². The van der Waals surface area contributed by atoms with Crippen molar-refractivity contribution in [1.82, 2.24) is 5.32 Å². The van der Waals surface area contributed by atoms with Gasteiger partial charge in [0.15, 0.2) is 0 Å². The SMILES string of the molecule is C/C=C/CCNC(C)Cc1ccc(Cl)cc1. The van der Waals surface area contributed by atoms with Crippen molar-refractivity contribution in [3.05, 3.63) is 47.0 Å². The summed E-state index contributed by atoms with van der Waals surface area (Å²) in [5, 5.41) is 4.30. The lowest BCUT2D eigenvalue weighted by Crippen LogP contribution is -2.28. The average molecular weight is 238 g/mol. The molecule has 0 saturated carbocycles. The maximum absolute atomic E-state index is 5.84. The molecule has 1 unspecified atom stereocenters. The van der Waals surface area contributed by atoms with Crippen LogP contribution in [-0.4, -0.2) is 12.6 Å². The zero-order valence-corrected chi connectivity index (χ0v) is 10.8. The van der Waals surface area contributed by atoms with Crippen LogP contribution in [0.2, 0.25) is 5.02 Å². The normalized spacial score (nSPS) is 13.2. The van der Waals surface area contributed by atoms with Crippen LogP contribution < -0.4 is 5.32 Å². The van der Waals surface area contributed by atoms with E-state index in [1.165, 1.54) is 5.56 Å². The maximum Gasteiger partial charge on any atom is 0.0406 e. The van der Waals surface area contributed by atoms with Gasteiger partial charge in [-0.05, 0) is 50.9 Å². The highest BCUT2D eigenvalue weighted by atomic mass is 35.5. The van der Waals surface area contributed by atoms with Gasteiger partial charge in [0.2, 0.25) is 0 Å². The first-order valence-electron chi connectivity index (χ1n) is 5.81. The highest BCUT2D eigenvalue weighted by Gasteiger charge is 2.01. The maximum atomic E-state index is 5.84. The first-order chi connectivity index (χ1) is 7.72. The van der Waals surface area contributed by atoms with Crippen molar-refractivity contribution in [3.8, 4) is 0 Å². The zero-order chi connectivity index (χ0) is 11.8. The number of benzene rings is 1. The van der Waals surface area contributed by atoms with E-state index in [0.29, 0.717) is 6.04 Å². The number of hydrogen-bond donors (Lipinski definition) is 1. The molecule has 1 aromatic rings. The standard InChI is InChI=1S/C14H20ClN/c1-3-4-5-10-16-12(2)11-13-6-8-14(15)9-7-13/h3-4,6-9,12,16H,5,10-11H2,1-2H3/b4-3+. The van der Waals surface area contributed by atoms with Crippen molar-refractivity contribution >= 4 is 11.6 Å². The van der Waals surface area contributed by atoms with Gasteiger partial charge in [0.05, 0.1) is 0 Å². The molecule has 0 amide bonds. The fourth-order valence-corrected chi connectivity index (χ4v) is 1.75. The Labute approximate surface area is 104 Å². The van der Waals surface area contributed by atoms with E-state index < -0.39 is 0 Å². The predicted molar refractivity (Wildman–Crippen MR) is 72.1 cm³/mol. The van der Waals surface area contributed by atoms with Gasteiger partial charge in [-0.1, -0.05) is 35.9 Å². The van der Waals surface area contributed by atoms with Crippen LogP contribution in [0.5, 0.6) is 0 Å². The monoisotopic (exact) mass is 237 g/mol. The van der Waals surface area contributed by atoms with Crippen molar-refractivity contribution in [1.29, 1.82) is 0 Å². The second kappa shape index (κ2) is 7.48. The van der Waals surface area contributed by atoms with Gasteiger partial charge in [0, 0.05) is 11.1 Å². The second-order valence-corrected chi connectivity index (χ2v) is 4.48. The number of allylic oxidation sites excluding steroid dienone is 1. The average Bonchev–Trinajstić information content (AvgIpc) is 2.28. The lowest BCUT2D eigenvalue weighted by molar-refractivity contribution is 0.552. The Morgan fingerprint density at radius 1 is 1.31 bits per heavy atom. The summed E-state index contributed by atoms with van der Waals surface area (Å²) < 4.78 is 0. The molecular formula is C14H20ClN. The van der Waals surface area contributed by atoms with E-state index in [1.807, 2.05) is 12.1 Å². The molecule has 0 heterocycles. The molecule has 1 rings (SSSR count). The van der Waals surface area contributed by atoms with Gasteiger partial charge in [-0.2, -0.15) is 0 Å². The highest BCUT2D eigenvalue weighted by molar-refractivity contribution is 6.30. The molecule has 1 atom stereocenters. The molecule has 0 spiro atoms. The minimum absolute atomic E-state index is 0.506. The van der Waals surface area contributed by atoms with Crippen LogP contribution in [0.1, 0.15) is 25.8 Å². The fourth-order valence-electron chi connectivity index (χ4n) is 1.63. The minimum Gasteiger partial charge on any atom is -0.314 e. The molecule has 0 aliphatic heterocycles. The van der Waals surface area contributed by atoms with Gasteiger partial charge in [-0.15, -0.1) is 0 Å². The third-order valence-electron chi connectivity index (χ3n) is 2.49. The summed E-state index contributed by atoms with van der Waals surface area (Å²) in [6, 6.07) is 8.58. The van der Waals surface area contributed by atoms with Crippen molar-refractivity contribution in [3.63, 3.8) is 0 Å². The summed E-state index contributed by atoms with van der Waals surface area (Å²) in [5.74, 6) is 0. The predicted octanol–water partition coefficient (Wildman–Crippen LogP) is 3.83. The minimum atomic E-state index is 0.506. The smallest absolute Gasteiger partial charge is 0.0406 e. The van der Waals surface area contributed by atoms with E-state index in [1.54, 1.807) is 0 Å². The van der Waals surface area contributed by atoms with Crippen LogP contribution >= 0.6 is 11.6 Å². The van der Waals surface area contributed by atoms with Crippen molar-refractivity contribution in [2.45, 2.75) is 32.7 Å². The molecule has 0 aliphatic rings. The Morgan fingerprint density at radius 2 is 2.00 bits per heavy atom. The van der Waals surface area contributed by atoms with Gasteiger partial charge in [-0.25, -0.2) is 0 Å². The van der Waals surface area contributed by atoms with Gasteiger partial charge in [0.25, 0.3) is 0 Å². The number of rotatable bonds is 6. The molecule has 0 aliphatic carbocycles. The Morgan fingerprint density at radius 3 is 2.62 bits per heavy atom. The van der Waals surface area contributed by atoms with Crippen LogP contribution in [-0.2, 0) is 6.42 Å². The molecule has 0 radical (unpaired) electrons. The zero-order valence-electron chi connectivity index (χ0n) is 10.0. The molecular weight excluding hydrogens is 218 g/mol. The van der Waals surface area contributed by atoms with E-state index in [-0.39, 0.29) is 0 Å². The first kappa shape index (κ1) is 13.3. The summed E-state index contributed by atoms with van der Waals surface area (Å²) in [5.41, 5.74) is 1.33. The molecule has 2 heteroatoms. The molecule has 0 aromatic heterocycles. The summed E-state index contributed by atoms with van der Waals surface area (Å²) in [7, 11) is 0. The number of hydrogen-bond acceptors (Lipinski definition) is 1. The third kappa shape index (κ3) is 5.34. The summed E-state index contributed by atoms with van der Waals surface area (Å²) in [6.07, 6.45) is 6.42. The second-order valence-electron chi connectivity index (χ2n) is 4.04. The molecule has 0 bridgehead atoms. The van der Waals surface area contributed by atoms with E-state index in [2.05, 4.69) is 43.4 Å². The fraction of sp³-hybridized carbons (Fsp3) is 0.429. The van der Waals surface area contributed by atoms with E-state index in [4.69, 9.17) is 11.6 Å². The van der Waals surface area contributed by atoms with Crippen molar-refractivity contribution < 1.29 is 0 Å². The molecule has 88 valence electrons. The Kier molecular flexibility index (Phi) is 6.20. The summed E-state index contributed by atoms with van der Waals surface area (Å²) in [6.45, 7) is 5.31. The largest absolute Gasteiger partial charge is 0.314 e. The molecule has 16 heavy (non-hydrogen) atoms. The number of nitrogens with one attached hydrogen (secondary N) is 1. The van der Waals surface area contributed by atoms with Crippen LogP contribution in [0.15, 0.2) is 36.4 Å². The Balaban J connectivity index is 2.28. The lowest BCUT2D eigenvalue weighted by Gasteiger charge is -2.13. The number of halogens is 1. The third-order valence-corrected chi connectivity index (χ3v) is 2.75. The highest BCUT2D eigenvalue weighted by Crippen LogP contribution is 2.10. The molecule has 0 saturated heterocycles. The van der Waals surface area contributed by atoms with E-state index >= 15 is 0 Å². The van der Waals surface area contributed by atoms with Gasteiger partial charge in [0.1, 0.15) is 0 Å². The Hall–Kier alpha value is -0.790. The van der Waals surface area contributed by atoms with E-state index in [0.717, 1.165) is 24.4 Å². The van der Waals surface area contributed by atoms with Crippen molar-refractivity contribution in [2.24, 2.45) is 0 Å². The quantitative estimate of drug-likeness (QED) is 0.586. The van der Waals surface area contributed by atoms with Crippen LogP contribution in [0.25, 0.3) is 0 Å². The van der Waals surface area contributed by atoms with Crippen molar-refractivity contribution in [2.75, 3.05) is 6.54 Å². The topological polar surface area (TPSA) is 12.0 Å². The van der Waals surface area contributed by atoms with E-state index in [9.17, 15) is 0 Å². The molecule has 1 N–H and O–H groups in total. The first-order valence-corrected chi connectivity index (χ1v) is 6.19. The Bertz CT molecular complexity index is 316.